The number of ether oxygens (including phenoxy) is 1. The Bertz CT molecular complexity index is 642. The van der Waals surface area contributed by atoms with Crippen LogP contribution >= 0.6 is 0 Å². The van der Waals surface area contributed by atoms with E-state index in [1.807, 2.05) is 12.1 Å². The highest BCUT2D eigenvalue weighted by atomic mass is 32.2. The smallest absolute Gasteiger partial charge is 0.243 e. The minimum absolute atomic E-state index is 0.0255. The summed E-state index contributed by atoms with van der Waals surface area (Å²) in [5.41, 5.74) is 1.17. The molecule has 1 heterocycles. The molecule has 1 aliphatic heterocycles. The molecule has 4 nitrogen and oxygen atoms in total. The van der Waals surface area contributed by atoms with E-state index in [9.17, 15) is 8.42 Å². The van der Waals surface area contributed by atoms with Gasteiger partial charge in [-0.05, 0) is 48.3 Å². The van der Waals surface area contributed by atoms with Crippen LogP contribution in [0.2, 0.25) is 0 Å². The van der Waals surface area contributed by atoms with Crippen molar-refractivity contribution in [2.24, 2.45) is 5.92 Å². The number of rotatable bonds is 5. The van der Waals surface area contributed by atoms with Gasteiger partial charge in [0, 0.05) is 19.7 Å². The highest BCUT2D eigenvalue weighted by Gasteiger charge is 2.34. The maximum atomic E-state index is 12.8. The summed E-state index contributed by atoms with van der Waals surface area (Å²) in [6.45, 7) is 8.20. The lowest BCUT2D eigenvalue weighted by molar-refractivity contribution is 0.0561. The van der Waals surface area contributed by atoms with Gasteiger partial charge in [-0.25, -0.2) is 8.42 Å². The Balaban J connectivity index is 1.66. The van der Waals surface area contributed by atoms with Crippen molar-refractivity contribution < 1.29 is 13.2 Å². The van der Waals surface area contributed by atoms with Crippen molar-refractivity contribution in [2.45, 2.75) is 56.4 Å². The van der Waals surface area contributed by atoms with Crippen molar-refractivity contribution >= 4 is 10.0 Å². The molecule has 0 radical (unpaired) electrons. The van der Waals surface area contributed by atoms with E-state index in [4.69, 9.17) is 4.74 Å². The van der Waals surface area contributed by atoms with Gasteiger partial charge in [-0.2, -0.15) is 4.31 Å². The second-order valence-corrected chi connectivity index (χ2v) is 9.76. The monoisotopic (exact) mass is 337 g/mol. The summed E-state index contributed by atoms with van der Waals surface area (Å²) < 4.78 is 32.9. The number of sulfonamides is 1. The molecule has 1 aromatic rings. The fraction of sp³-hybridized carbons (Fsp3) is 0.667. The lowest BCUT2D eigenvalue weighted by Gasteiger charge is -2.20. The van der Waals surface area contributed by atoms with Gasteiger partial charge in [-0.1, -0.05) is 32.9 Å². The average molecular weight is 337 g/mol. The molecule has 0 amide bonds. The minimum atomic E-state index is -3.40. The Morgan fingerprint density at radius 3 is 2.35 bits per heavy atom. The van der Waals surface area contributed by atoms with E-state index in [1.165, 1.54) is 12.8 Å². The number of nitrogens with zero attached hydrogens (tertiary/aromatic N) is 1. The first kappa shape index (κ1) is 16.9. The summed E-state index contributed by atoms with van der Waals surface area (Å²) in [6.07, 6.45) is 3.37. The SMILES string of the molecule is CC(C)(C)c1ccc(S(=O)(=O)N2CCC(OCC3CC3)C2)cc1. The predicted octanol–water partition coefficient (Wildman–Crippen LogP) is 3.17. The Morgan fingerprint density at radius 1 is 1.13 bits per heavy atom. The lowest BCUT2D eigenvalue weighted by atomic mass is 9.87. The van der Waals surface area contributed by atoms with Crippen molar-refractivity contribution in [3.63, 3.8) is 0 Å². The highest BCUT2D eigenvalue weighted by molar-refractivity contribution is 7.89. The van der Waals surface area contributed by atoms with Crippen LogP contribution in [-0.2, 0) is 20.2 Å². The Labute approximate surface area is 139 Å². The molecule has 0 N–H and O–H groups in total. The highest BCUT2D eigenvalue weighted by Crippen LogP contribution is 2.31. The molecule has 3 rings (SSSR count). The molecule has 5 heteroatoms. The van der Waals surface area contributed by atoms with Gasteiger partial charge in [0.15, 0.2) is 0 Å². The van der Waals surface area contributed by atoms with Crippen molar-refractivity contribution in [1.29, 1.82) is 0 Å². The van der Waals surface area contributed by atoms with Crippen LogP contribution in [-0.4, -0.2) is 38.5 Å². The van der Waals surface area contributed by atoms with E-state index in [2.05, 4.69) is 20.8 Å². The van der Waals surface area contributed by atoms with Crippen LogP contribution in [0.15, 0.2) is 29.2 Å². The van der Waals surface area contributed by atoms with Gasteiger partial charge in [0.05, 0.1) is 11.0 Å². The van der Waals surface area contributed by atoms with Gasteiger partial charge in [-0.15, -0.1) is 0 Å². The third-order valence-electron chi connectivity index (χ3n) is 4.73. The Hall–Kier alpha value is -0.910. The first-order valence-corrected chi connectivity index (χ1v) is 9.93. The van der Waals surface area contributed by atoms with E-state index in [0.29, 0.717) is 23.9 Å². The summed E-state index contributed by atoms with van der Waals surface area (Å²) in [5.74, 6) is 0.714. The largest absolute Gasteiger partial charge is 0.377 e. The standard InChI is InChI=1S/C18H27NO3S/c1-18(2,3)15-6-8-17(9-7-15)23(20,21)19-11-10-16(12-19)22-13-14-4-5-14/h6-9,14,16H,4-5,10-13H2,1-3H3. The van der Waals surface area contributed by atoms with Crippen LogP contribution in [0, 0.1) is 5.92 Å². The van der Waals surface area contributed by atoms with Gasteiger partial charge in [0.1, 0.15) is 0 Å². The maximum absolute atomic E-state index is 12.8. The summed E-state index contributed by atoms with van der Waals surface area (Å²) in [6, 6.07) is 7.30. The predicted molar refractivity (Wildman–Crippen MR) is 91.0 cm³/mol. The molecule has 0 bridgehead atoms. The van der Waals surface area contributed by atoms with E-state index >= 15 is 0 Å². The molecule has 1 aliphatic carbocycles. The number of hydrogen-bond donors (Lipinski definition) is 0. The topological polar surface area (TPSA) is 46.6 Å². The van der Waals surface area contributed by atoms with Crippen LogP contribution in [0.1, 0.15) is 45.6 Å². The molecule has 1 unspecified atom stereocenters. The van der Waals surface area contributed by atoms with E-state index in [0.717, 1.165) is 18.6 Å². The summed E-state index contributed by atoms with van der Waals surface area (Å²) in [7, 11) is -3.40. The second-order valence-electron chi connectivity index (χ2n) is 7.82. The molecule has 0 aromatic heterocycles. The quantitative estimate of drug-likeness (QED) is 0.829. The molecule has 1 saturated carbocycles. The summed E-state index contributed by atoms with van der Waals surface area (Å²) >= 11 is 0. The fourth-order valence-corrected chi connectivity index (χ4v) is 4.37. The zero-order valence-corrected chi connectivity index (χ0v) is 15.1. The van der Waals surface area contributed by atoms with Gasteiger partial charge in [-0.3, -0.25) is 0 Å². The first-order valence-electron chi connectivity index (χ1n) is 8.49. The van der Waals surface area contributed by atoms with Crippen molar-refractivity contribution in [2.75, 3.05) is 19.7 Å². The molecular formula is C18H27NO3S. The van der Waals surface area contributed by atoms with Gasteiger partial charge >= 0.3 is 0 Å². The molecule has 1 aromatic carbocycles. The zero-order chi connectivity index (χ0) is 16.7. The minimum Gasteiger partial charge on any atom is -0.377 e. The molecular weight excluding hydrogens is 310 g/mol. The second kappa shape index (κ2) is 6.19. The van der Waals surface area contributed by atoms with Crippen molar-refractivity contribution in [3.05, 3.63) is 29.8 Å². The van der Waals surface area contributed by atoms with Gasteiger partial charge < -0.3 is 4.74 Å². The molecule has 23 heavy (non-hydrogen) atoms. The van der Waals surface area contributed by atoms with Crippen molar-refractivity contribution in [3.8, 4) is 0 Å². The molecule has 2 fully saturated rings. The maximum Gasteiger partial charge on any atom is 0.243 e. The van der Waals surface area contributed by atoms with Crippen LogP contribution < -0.4 is 0 Å². The van der Waals surface area contributed by atoms with Crippen molar-refractivity contribution in [1.82, 2.24) is 4.31 Å². The normalized spacial score (nSPS) is 23.3. The molecule has 1 atom stereocenters. The molecule has 128 valence electrons. The van der Waals surface area contributed by atoms with E-state index < -0.39 is 10.0 Å². The number of benzene rings is 1. The molecule has 2 aliphatic rings. The third-order valence-corrected chi connectivity index (χ3v) is 6.61. The van der Waals surface area contributed by atoms with Gasteiger partial charge in [0.25, 0.3) is 0 Å². The summed E-state index contributed by atoms with van der Waals surface area (Å²) in [5, 5.41) is 0. The van der Waals surface area contributed by atoms with Crippen LogP contribution in [0.5, 0.6) is 0 Å². The summed E-state index contributed by atoms with van der Waals surface area (Å²) in [4.78, 5) is 0.383. The Morgan fingerprint density at radius 2 is 1.78 bits per heavy atom. The van der Waals surface area contributed by atoms with E-state index in [-0.39, 0.29) is 11.5 Å². The fourth-order valence-electron chi connectivity index (χ4n) is 2.88. The molecule has 1 saturated heterocycles. The average Bonchev–Trinajstić information content (AvgIpc) is 3.20. The lowest BCUT2D eigenvalue weighted by Crippen LogP contribution is -2.30. The van der Waals surface area contributed by atoms with E-state index in [1.54, 1.807) is 16.4 Å². The van der Waals surface area contributed by atoms with Gasteiger partial charge in [0.2, 0.25) is 10.0 Å². The number of hydrogen-bond acceptors (Lipinski definition) is 3. The zero-order valence-electron chi connectivity index (χ0n) is 14.3. The van der Waals surface area contributed by atoms with Crippen LogP contribution in [0.3, 0.4) is 0 Å². The Kier molecular flexibility index (Phi) is 4.55. The molecule has 0 spiro atoms. The third kappa shape index (κ3) is 3.95. The van der Waals surface area contributed by atoms with Crippen LogP contribution in [0.25, 0.3) is 0 Å². The first-order chi connectivity index (χ1) is 10.8. The van der Waals surface area contributed by atoms with Crippen LogP contribution in [0.4, 0.5) is 0 Å².